The Kier molecular flexibility index (Phi) is 4.52. The fourth-order valence-corrected chi connectivity index (χ4v) is 1.11. The highest BCUT2D eigenvalue weighted by atomic mass is 16.3. The molecule has 0 aromatic rings. The molecular weight excluding hydrogens is 184 g/mol. The van der Waals surface area contributed by atoms with Crippen molar-refractivity contribution in [3.63, 3.8) is 0 Å². The predicted octanol–water partition coefficient (Wildman–Crippen LogP) is -1.55. The summed E-state index contributed by atoms with van der Waals surface area (Å²) in [6, 6.07) is 0. The normalized spacial score (nSPS) is 13.4. The monoisotopic (exact) mass is 203 g/mol. The summed E-state index contributed by atoms with van der Waals surface area (Å²) >= 11 is 0. The Morgan fingerprint density at radius 3 is 2.43 bits per heavy atom. The number of hydrogen-bond acceptors (Lipinski definition) is 3. The number of hydrogen-bond donors (Lipinski definition) is 4. The van der Waals surface area contributed by atoms with Crippen LogP contribution in [-0.2, 0) is 4.79 Å². The highest BCUT2D eigenvalue weighted by Gasteiger charge is 2.18. The lowest BCUT2D eigenvalue weighted by Gasteiger charge is -2.26. The lowest BCUT2D eigenvalue weighted by Crippen LogP contribution is -2.44. The fraction of sp³-hybridized carbons (Fsp3) is 0.750. The summed E-state index contributed by atoms with van der Waals surface area (Å²) in [6.45, 7) is 0.478. The molecule has 0 aromatic heterocycles. The molecule has 5 N–H and O–H groups in total. The minimum Gasteiger partial charge on any atom is -0.387 e. The molecule has 0 bridgehead atoms. The second kappa shape index (κ2) is 4.92. The van der Waals surface area contributed by atoms with E-state index in [2.05, 4.69) is 5.32 Å². The Morgan fingerprint density at radius 2 is 2.07 bits per heavy atom. The van der Waals surface area contributed by atoms with Crippen LogP contribution in [0.15, 0.2) is 0 Å². The third-order valence-electron chi connectivity index (χ3n) is 1.45. The maximum absolute atomic E-state index is 11.1. The number of nitrogens with two attached hydrogens (primary N) is 1. The summed E-state index contributed by atoms with van der Waals surface area (Å²) in [6.07, 6.45) is -0.746. The SMILES string of the molecule is C[N+](C)(C)C[C@H](O)CC(=O)NC(=N)N. The van der Waals surface area contributed by atoms with Gasteiger partial charge in [0.15, 0.2) is 5.96 Å². The largest absolute Gasteiger partial charge is 0.387 e. The second-order valence-electron chi connectivity index (χ2n) is 4.29. The Bertz CT molecular complexity index is 222. The Hall–Kier alpha value is -1.14. The molecule has 14 heavy (non-hydrogen) atoms. The van der Waals surface area contributed by atoms with Crippen LogP contribution in [0.5, 0.6) is 0 Å². The molecule has 0 aliphatic heterocycles. The van der Waals surface area contributed by atoms with E-state index in [1.165, 1.54) is 0 Å². The molecule has 6 nitrogen and oxygen atoms in total. The second-order valence-corrected chi connectivity index (χ2v) is 4.29. The van der Waals surface area contributed by atoms with Crippen LogP contribution in [0.25, 0.3) is 0 Å². The van der Waals surface area contributed by atoms with Crippen molar-refractivity contribution in [2.24, 2.45) is 5.73 Å². The van der Waals surface area contributed by atoms with Crippen molar-refractivity contribution < 1.29 is 14.4 Å². The first-order valence-corrected chi connectivity index (χ1v) is 4.33. The molecule has 0 unspecified atom stereocenters. The van der Waals surface area contributed by atoms with E-state index in [9.17, 15) is 9.90 Å². The molecule has 6 heteroatoms. The van der Waals surface area contributed by atoms with Crippen LogP contribution in [0.4, 0.5) is 0 Å². The smallest absolute Gasteiger partial charge is 0.229 e. The van der Waals surface area contributed by atoms with Gasteiger partial charge in [-0.25, -0.2) is 0 Å². The lowest BCUT2D eigenvalue weighted by molar-refractivity contribution is -0.873. The molecule has 1 amide bonds. The first-order chi connectivity index (χ1) is 6.20. The minimum atomic E-state index is -0.714. The number of quaternary nitrogens is 1. The zero-order valence-electron chi connectivity index (χ0n) is 8.87. The first kappa shape index (κ1) is 12.9. The van der Waals surface area contributed by atoms with Crippen LogP contribution in [0.1, 0.15) is 6.42 Å². The number of carbonyl (C=O) groups is 1. The molecule has 0 radical (unpaired) electrons. The maximum Gasteiger partial charge on any atom is 0.229 e. The number of amides is 1. The molecule has 0 aromatic carbocycles. The van der Waals surface area contributed by atoms with E-state index in [4.69, 9.17) is 11.1 Å². The van der Waals surface area contributed by atoms with Crippen LogP contribution in [0.2, 0.25) is 0 Å². The van der Waals surface area contributed by atoms with Gasteiger partial charge in [-0.2, -0.15) is 0 Å². The van der Waals surface area contributed by atoms with Crippen LogP contribution in [-0.4, -0.2) is 55.2 Å². The molecule has 0 saturated carbocycles. The molecule has 0 fully saturated rings. The summed E-state index contributed by atoms with van der Waals surface area (Å²) in [5, 5.41) is 18.4. The number of nitrogens with zero attached hydrogens (tertiary/aromatic N) is 1. The molecule has 0 heterocycles. The predicted molar refractivity (Wildman–Crippen MR) is 53.6 cm³/mol. The molecule has 82 valence electrons. The summed E-state index contributed by atoms with van der Waals surface area (Å²) in [5.74, 6) is -0.828. The number of rotatable bonds is 4. The van der Waals surface area contributed by atoms with E-state index in [-0.39, 0.29) is 6.42 Å². The standard InChI is InChI=1S/C8H18N4O2/c1-12(2,3)5-6(13)4-7(14)11-8(9)10/h6,13H,4-5H2,1-3H3,(H3-,9,10,11,14)/p+1/t6-/m1/s1. The quantitative estimate of drug-likeness (QED) is 0.253. The van der Waals surface area contributed by atoms with Gasteiger partial charge in [0, 0.05) is 0 Å². The summed E-state index contributed by atoms with van der Waals surface area (Å²) in [5.41, 5.74) is 4.96. The number of guanidine groups is 1. The maximum atomic E-state index is 11.1. The third kappa shape index (κ3) is 7.51. The first-order valence-electron chi connectivity index (χ1n) is 4.33. The van der Waals surface area contributed by atoms with Crippen LogP contribution in [0.3, 0.4) is 0 Å². The number of carbonyl (C=O) groups excluding carboxylic acids is 1. The van der Waals surface area contributed by atoms with Gasteiger partial charge in [0.1, 0.15) is 12.6 Å². The van der Waals surface area contributed by atoms with E-state index in [1.807, 2.05) is 21.1 Å². The fourth-order valence-electron chi connectivity index (χ4n) is 1.11. The minimum absolute atomic E-state index is 0.0326. The van der Waals surface area contributed by atoms with E-state index in [0.717, 1.165) is 0 Å². The number of aliphatic hydroxyl groups is 1. The van der Waals surface area contributed by atoms with Gasteiger partial charge in [0.2, 0.25) is 5.91 Å². The van der Waals surface area contributed by atoms with E-state index >= 15 is 0 Å². The van der Waals surface area contributed by atoms with E-state index < -0.39 is 18.0 Å². The average Bonchev–Trinajstić information content (AvgIpc) is 1.77. The zero-order valence-corrected chi connectivity index (χ0v) is 8.87. The molecule has 0 saturated heterocycles. The Balaban J connectivity index is 3.89. The lowest BCUT2D eigenvalue weighted by atomic mass is 10.2. The average molecular weight is 203 g/mol. The van der Waals surface area contributed by atoms with Crippen molar-refractivity contribution in [3.05, 3.63) is 0 Å². The molecule has 0 aliphatic carbocycles. The molecular formula is C8H19N4O2+. The van der Waals surface area contributed by atoms with Gasteiger partial charge in [-0.1, -0.05) is 0 Å². The number of nitrogens with one attached hydrogen (secondary N) is 2. The topological polar surface area (TPSA) is 99.2 Å². The number of aliphatic hydroxyl groups excluding tert-OH is 1. The van der Waals surface area contributed by atoms with Gasteiger partial charge in [-0.15, -0.1) is 0 Å². The molecule has 0 rings (SSSR count). The van der Waals surface area contributed by atoms with Crippen LogP contribution >= 0.6 is 0 Å². The molecule has 0 aliphatic rings. The van der Waals surface area contributed by atoms with Crippen LogP contribution < -0.4 is 11.1 Å². The van der Waals surface area contributed by atoms with Gasteiger partial charge in [0.05, 0.1) is 27.6 Å². The summed E-state index contributed by atoms with van der Waals surface area (Å²) in [4.78, 5) is 11.1. The van der Waals surface area contributed by atoms with Crippen LogP contribution in [0, 0.1) is 5.41 Å². The van der Waals surface area contributed by atoms with Gasteiger partial charge in [-0.3, -0.25) is 15.5 Å². The number of likely N-dealkylation sites (N-methyl/N-ethyl adjacent to an activating group) is 1. The van der Waals surface area contributed by atoms with Gasteiger partial charge in [0.25, 0.3) is 0 Å². The van der Waals surface area contributed by atoms with Crippen molar-refractivity contribution in [1.82, 2.24) is 5.32 Å². The highest BCUT2D eigenvalue weighted by Crippen LogP contribution is 1.98. The summed E-state index contributed by atoms with van der Waals surface area (Å²) < 4.78 is 0.578. The van der Waals surface area contributed by atoms with Gasteiger partial charge < -0.3 is 15.3 Å². The Morgan fingerprint density at radius 1 is 1.57 bits per heavy atom. The third-order valence-corrected chi connectivity index (χ3v) is 1.45. The molecule has 0 spiro atoms. The van der Waals surface area contributed by atoms with Gasteiger partial charge >= 0.3 is 0 Å². The van der Waals surface area contributed by atoms with Crippen molar-refractivity contribution in [3.8, 4) is 0 Å². The zero-order chi connectivity index (χ0) is 11.4. The van der Waals surface area contributed by atoms with Gasteiger partial charge in [-0.05, 0) is 0 Å². The van der Waals surface area contributed by atoms with E-state index in [1.54, 1.807) is 0 Å². The van der Waals surface area contributed by atoms with Crippen molar-refractivity contribution in [2.75, 3.05) is 27.7 Å². The molecule has 1 atom stereocenters. The van der Waals surface area contributed by atoms with Crippen molar-refractivity contribution in [2.45, 2.75) is 12.5 Å². The highest BCUT2D eigenvalue weighted by molar-refractivity contribution is 5.94. The Labute approximate surface area is 83.8 Å². The van der Waals surface area contributed by atoms with Crippen molar-refractivity contribution >= 4 is 11.9 Å². The van der Waals surface area contributed by atoms with Crippen molar-refractivity contribution in [1.29, 1.82) is 5.41 Å². The van der Waals surface area contributed by atoms with E-state index in [0.29, 0.717) is 11.0 Å². The summed E-state index contributed by atoms with van der Waals surface area (Å²) in [7, 11) is 5.77.